The molecule has 0 spiro atoms. The van der Waals surface area contributed by atoms with Gasteiger partial charge in [0.2, 0.25) is 17.7 Å². The van der Waals surface area contributed by atoms with E-state index in [9.17, 15) is 14.4 Å². The first kappa shape index (κ1) is 24.0. The van der Waals surface area contributed by atoms with Gasteiger partial charge in [-0.1, -0.05) is 47.5 Å². The lowest BCUT2D eigenvalue weighted by molar-refractivity contribution is -0.133. The molecule has 32 heavy (non-hydrogen) atoms. The second-order valence-corrected chi connectivity index (χ2v) is 8.54. The smallest absolute Gasteiger partial charge is 0.238 e. The summed E-state index contributed by atoms with van der Waals surface area (Å²) in [6, 6.07) is 13.8. The lowest BCUT2D eigenvalue weighted by atomic mass is 10.0. The highest BCUT2D eigenvalue weighted by molar-refractivity contribution is 6.33. The topological polar surface area (TPSA) is 81.8 Å². The summed E-state index contributed by atoms with van der Waals surface area (Å²) in [6.07, 6.45) is 0.161. The molecule has 3 amide bonds. The molecule has 0 aliphatic carbocycles. The Bertz CT molecular complexity index is 960. The van der Waals surface area contributed by atoms with Crippen molar-refractivity contribution in [3.8, 4) is 0 Å². The first-order valence-corrected chi connectivity index (χ1v) is 11.1. The zero-order valence-corrected chi connectivity index (χ0v) is 19.3. The highest BCUT2D eigenvalue weighted by Gasteiger charge is 2.25. The van der Waals surface area contributed by atoms with E-state index in [0.29, 0.717) is 41.9 Å². The molecule has 1 heterocycles. The molecule has 0 aromatic heterocycles. The minimum atomic E-state index is -0.420. The fourth-order valence-corrected chi connectivity index (χ4v) is 3.92. The van der Waals surface area contributed by atoms with Crippen LogP contribution in [0.15, 0.2) is 48.5 Å². The van der Waals surface area contributed by atoms with Gasteiger partial charge in [-0.05, 0) is 29.8 Å². The summed E-state index contributed by atoms with van der Waals surface area (Å²) in [7, 11) is 0. The molecule has 1 fully saturated rings. The summed E-state index contributed by atoms with van der Waals surface area (Å²) in [5, 5.41) is 6.74. The third-order valence-electron chi connectivity index (χ3n) is 5.27. The maximum absolute atomic E-state index is 12.9. The molecule has 1 saturated heterocycles. The van der Waals surface area contributed by atoms with Gasteiger partial charge in [0.25, 0.3) is 0 Å². The van der Waals surface area contributed by atoms with Crippen LogP contribution in [0.25, 0.3) is 0 Å². The maximum Gasteiger partial charge on any atom is 0.238 e. The number of amides is 3. The number of benzene rings is 2. The van der Waals surface area contributed by atoms with Gasteiger partial charge in [0.1, 0.15) is 0 Å². The monoisotopic (exact) mass is 476 g/mol. The van der Waals surface area contributed by atoms with E-state index in [2.05, 4.69) is 10.6 Å². The maximum atomic E-state index is 12.9. The van der Waals surface area contributed by atoms with E-state index in [-0.39, 0.29) is 30.7 Å². The van der Waals surface area contributed by atoms with E-state index in [1.54, 1.807) is 35.2 Å². The fraction of sp³-hybridized carbons (Fsp3) is 0.348. The summed E-state index contributed by atoms with van der Waals surface area (Å²) in [5.41, 5.74) is 1.41. The Hall–Kier alpha value is -2.61. The van der Waals surface area contributed by atoms with Crippen molar-refractivity contribution in [2.24, 2.45) is 0 Å². The van der Waals surface area contributed by atoms with Crippen molar-refractivity contribution in [2.75, 3.05) is 38.0 Å². The van der Waals surface area contributed by atoms with Gasteiger partial charge < -0.3 is 15.5 Å². The lowest BCUT2D eigenvalue weighted by Gasteiger charge is -2.35. The van der Waals surface area contributed by atoms with Gasteiger partial charge in [0, 0.05) is 38.1 Å². The molecular formula is C23H26Cl2N4O3. The number of piperazine rings is 1. The summed E-state index contributed by atoms with van der Waals surface area (Å²) in [5.74, 6) is -0.391. The van der Waals surface area contributed by atoms with E-state index >= 15 is 0 Å². The average Bonchev–Trinajstić information content (AvgIpc) is 2.75. The largest absolute Gasteiger partial charge is 0.349 e. The van der Waals surface area contributed by atoms with Crippen molar-refractivity contribution >= 4 is 46.6 Å². The van der Waals surface area contributed by atoms with Crippen LogP contribution in [-0.2, 0) is 14.4 Å². The number of anilines is 1. The van der Waals surface area contributed by atoms with Crippen LogP contribution in [-0.4, -0.2) is 60.2 Å². The van der Waals surface area contributed by atoms with Gasteiger partial charge in [0.15, 0.2) is 0 Å². The highest BCUT2D eigenvalue weighted by Crippen LogP contribution is 2.22. The van der Waals surface area contributed by atoms with Gasteiger partial charge in [0.05, 0.1) is 29.7 Å². The van der Waals surface area contributed by atoms with Crippen LogP contribution < -0.4 is 10.6 Å². The zero-order valence-electron chi connectivity index (χ0n) is 17.8. The van der Waals surface area contributed by atoms with Crippen molar-refractivity contribution < 1.29 is 14.4 Å². The summed E-state index contributed by atoms with van der Waals surface area (Å²) < 4.78 is 0. The lowest BCUT2D eigenvalue weighted by Crippen LogP contribution is -2.51. The van der Waals surface area contributed by atoms with E-state index in [1.165, 1.54) is 6.92 Å². The third kappa shape index (κ3) is 6.95. The second kappa shape index (κ2) is 11.3. The Balaban J connectivity index is 1.50. The van der Waals surface area contributed by atoms with Gasteiger partial charge in [-0.2, -0.15) is 0 Å². The van der Waals surface area contributed by atoms with Crippen molar-refractivity contribution in [2.45, 2.75) is 19.4 Å². The summed E-state index contributed by atoms with van der Waals surface area (Å²) >= 11 is 12.0. The second-order valence-electron chi connectivity index (χ2n) is 7.69. The van der Waals surface area contributed by atoms with Gasteiger partial charge in [-0.15, -0.1) is 0 Å². The third-order valence-corrected chi connectivity index (χ3v) is 5.85. The molecule has 1 atom stereocenters. The van der Waals surface area contributed by atoms with E-state index in [0.717, 1.165) is 5.56 Å². The van der Waals surface area contributed by atoms with Crippen molar-refractivity contribution in [3.05, 3.63) is 64.1 Å². The normalized spacial score (nSPS) is 15.2. The number of para-hydroxylation sites is 1. The Labute approximate surface area is 197 Å². The van der Waals surface area contributed by atoms with Crippen LogP contribution in [0.2, 0.25) is 10.0 Å². The fourth-order valence-electron chi connectivity index (χ4n) is 3.61. The van der Waals surface area contributed by atoms with Crippen LogP contribution in [0.5, 0.6) is 0 Å². The van der Waals surface area contributed by atoms with E-state index in [1.807, 2.05) is 23.1 Å². The molecule has 2 aromatic carbocycles. The number of hydrogen-bond acceptors (Lipinski definition) is 4. The SMILES string of the molecule is CC(=O)N[C@@H](CC(=O)N1CCN(CC(=O)Nc2ccccc2Cl)CC1)c1ccc(Cl)cc1. The first-order valence-electron chi connectivity index (χ1n) is 10.4. The predicted octanol–water partition coefficient (Wildman–Crippen LogP) is 3.34. The minimum Gasteiger partial charge on any atom is -0.349 e. The van der Waals surface area contributed by atoms with E-state index < -0.39 is 6.04 Å². The molecule has 3 rings (SSSR count). The Morgan fingerprint density at radius 2 is 1.62 bits per heavy atom. The molecule has 7 nitrogen and oxygen atoms in total. The summed E-state index contributed by atoms with van der Waals surface area (Å²) in [4.78, 5) is 40.6. The number of nitrogens with one attached hydrogen (secondary N) is 2. The van der Waals surface area contributed by atoms with Crippen LogP contribution in [0.1, 0.15) is 24.9 Å². The summed E-state index contributed by atoms with van der Waals surface area (Å²) in [6.45, 7) is 3.88. The Morgan fingerprint density at radius 1 is 0.969 bits per heavy atom. The molecule has 0 bridgehead atoms. The molecule has 170 valence electrons. The van der Waals surface area contributed by atoms with Crippen LogP contribution in [0.3, 0.4) is 0 Å². The van der Waals surface area contributed by atoms with Crippen molar-refractivity contribution in [3.63, 3.8) is 0 Å². The molecule has 2 N–H and O–H groups in total. The van der Waals surface area contributed by atoms with E-state index in [4.69, 9.17) is 23.2 Å². The van der Waals surface area contributed by atoms with Gasteiger partial charge in [-0.25, -0.2) is 0 Å². The molecule has 0 unspecified atom stereocenters. The number of nitrogens with zero attached hydrogens (tertiary/aromatic N) is 2. The predicted molar refractivity (Wildman–Crippen MR) is 126 cm³/mol. The molecule has 0 saturated carbocycles. The molecule has 9 heteroatoms. The molecule has 0 radical (unpaired) electrons. The zero-order chi connectivity index (χ0) is 23.1. The molecule has 1 aliphatic heterocycles. The van der Waals surface area contributed by atoms with Crippen LogP contribution in [0, 0.1) is 0 Å². The Morgan fingerprint density at radius 3 is 2.25 bits per heavy atom. The average molecular weight is 477 g/mol. The quantitative estimate of drug-likeness (QED) is 0.641. The number of carbonyl (C=O) groups excluding carboxylic acids is 3. The molecule has 1 aliphatic rings. The van der Waals surface area contributed by atoms with Crippen LogP contribution >= 0.6 is 23.2 Å². The molecular weight excluding hydrogens is 451 g/mol. The van der Waals surface area contributed by atoms with Crippen molar-refractivity contribution in [1.82, 2.24) is 15.1 Å². The number of halogens is 2. The number of rotatable bonds is 7. The van der Waals surface area contributed by atoms with Crippen LogP contribution in [0.4, 0.5) is 5.69 Å². The number of hydrogen-bond donors (Lipinski definition) is 2. The Kier molecular flexibility index (Phi) is 8.50. The highest BCUT2D eigenvalue weighted by atomic mass is 35.5. The van der Waals surface area contributed by atoms with Gasteiger partial charge in [-0.3, -0.25) is 19.3 Å². The standard InChI is InChI=1S/C23H26Cl2N4O3/c1-16(30)26-21(17-6-8-18(24)9-7-17)14-23(32)29-12-10-28(11-13-29)15-22(31)27-20-5-3-2-4-19(20)25/h2-9,21H,10-15H2,1H3,(H,26,30)(H,27,31)/t21-/m0/s1. The first-order chi connectivity index (χ1) is 15.3. The molecule has 2 aromatic rings. The van der Waals surface area contributed by atoms with Gasteiger partial charge >= 0.3 is 0 Å². The van der Waals surface area contributed by atoms with Crippen molar-refractivity contribution in [1.29, 1.82) is 0 Å². The number of carbonyl (C=O) groups is 3. The minimum absolute atomic E-state index is 0.0427.